The molecule has 1 aromatic heterocycles. The monoisotopic (exact) mass is 1150 g/mol. The molecule has 78 heavy (non-hydrogen) atoms. The molecule has 0 atom stereocenters. The lowest BCUT2D eigenvalue weighted by atomic mass is 9.12. The lowest BCUT2D eigenvalue weighted by Gasteiger charge is -2.46. The van der Waals surface area contributed by atoms with Gasteiger partial charge in [0, 0.05) is 17.0 Å². The van der Waals surface area contributed by atoms with Crippen LogP contribution in [0.5, 0.6) is 0 Å². The molecule has 1 heterocycles. The van der Waals surface area contributed by atoms with Crippen LogP contribution in [-0.4, -0.2) is 6.15 Å². The van der Waals surface area contributed by atoms with E-state index in [1.807, 2.05) is 47.3 Å². The van der Waals surface area contributed by atoms with E-state index >= 15 is 0 Å². The molecule has 0 aliphatic carbocycles. The van der Waals surface area contributed by atoms with Crippen molar-refractivity contribution >= 4 is 38.8 Å². The summed E-state index contributed by atoms with van der Waals surface area (Å²) in [7, 11) is 0. The Morgan fingerprint density at radius 3 is 0.756 bits per heavy atom. The predicted octanol–water partition coefficient (Wildman–Crippen LogP) is 15.4. The summed E-state index contributed by atoms with van der Waals surface area (Å²) >= 11 is 0. The van der Waals surface area contributed by atoms with Gasteiger partial charge in [-0.15, -0.1) is 0 Å². The number of nitrogens with zero attached hydrogens (tertiary/aromatic N) is 1. The second-order valence-corrected chi connectivity index (χ2v) is 17.2. The van der Waals surface area contributed by atoms with Gasteiger partial charge in [0.2, 0.25) is 0 Å². The molecule has 0 aliphatic rings. The van der Waals surface area contributed by atoms with Crippen molar-refractivity contribution in [3.63, 3.8) is 0 Å². The van der Waals surface area contributed by atoms with E-state index in [0.29, 0.717) is 6.54 Å². The Morgan fingerprint density at radius 1 is 0.269 bits per heavy atom. The molecule has 29 heteroatoms. The first-order chi connectivity index (χ1) is 35.3. The van der Waals surface area contributed by atoms with Gasteiger partial charge in [0.15, 0.2) is 18.9 Å². The molecule has 0 amide bonds. The summed E-state index contributed by atoms with van der Waals surface area (Å²) in [5, 5.41) is 2.24. The number of alkyl halides is 27. The molecule has 0 N–H and O–H groups in total. The van der Waals surface area contributed by atoms with Crippen LogP contribution in [-0.2, 0) is 62.1 Å². The molecular formula is C49H25BF27N. The number of hydrogen-bond donors (Lipinski definition) is 0. The van der Waals surface area contributed by atoms with E-state index in [-0.39, 0.29) is 0 Å². The average Bonchev–Trinajstić information content (AvgIpc) is 3.35. The molecule has 0 saturated carbocycles. The Hall–Kier alpha value is -7.10. The Bertz CT molecular complexity index is 2860. The number of rotatable bonds is 6. The summed E-state index contributed by atoms with van der Waals surface area (Å²) in [5.41, 5.74) is -30.0. The first-order valence-corrected chi connectivity index (χ1v) is 21.2. The van der Waals surface area contributed by atoms with Gasteiger partial charge in [0.1, 0.15) is 6.15 Å². The summed E-state index contributed by atoms with van der Waals surface area (Å²) in [6.07, 6.45) is -55.2. The van der Waals surface area contributed by atoms with E-state index in [2.05, 4.69) is 0 Å². The highest BCUT2D eigenvalue weighted by Crippen LogP contribution is 2.42. The molecule has 0 bridgehead atoms. The van der Waals surface area contributed by atoms with Crippen LogP contribution in [0, 0.1) is 0 Å². The first kappa shape index (κ1) is 60.1. The molecule has 0 radical (unpaired) electrons. The van der Waals surface area contributed by atoms with Crippen molar-refractivity contribution in [3.8, 4) is 0 Å². The molecule has 1 nitrogen and oxygen atoms in total. The van der Waals surface area contributed by atoms with Gasteiger partial charge >= 0.3 is 55.6 Å². The maximum Gasteiger partial charge on any atom is 0.416 e. The van der Waals surface area contributed by atoms with E-state index in [9.17, 15) is 119 Å². The summed E-state index contributed by atoms with van der Waals surface area (Å²) in [6.45, 7) is 0.545. The van der Waals surface area contributed by atoms with Crippen molar-refractivity contribution in [2.75, 3.05) is 0 Å². The fraction of sp³-hybridized carbons (Fsp3) is 0.204. The van der Waals surface area contributed by atoms with Crippen LogP contribution in [0.4, 0.5) is 119 Å². The maximum absolute atomic E-state index is 14.2. The quantitative estimate of drug-likeness (QED) is 0.0888. The summed E-state index contributed by atoms with van der Waals surface area (Å²) in [5.74, 6) is 0. The molecule has 418 valence electrons. The highest BCUT2D eigenvalue weighted by Gasteiger charge is 2.47. The number of fused-ring (bicyclic) bond motifs is 1. The average molecular weight is 1150 g/mol. The Balaban J connectivity index is 0.000000387. The van der Waals surface area contributed by atoms with Gasteiger partial charge in [-0.05, 0) is 47.9 Å². The van der Waals surface area contributed by atoms with Crippen LogP contribution >= 0.6 is 0 Å². The smallest absolute Gasteiger partial charge is 0.200 e. The molecule has 6 aromatic carbocycles. The van der Waals surface area contributed by atoms with Crippen LogP contribution in [0.3, 0.4) is 0 Å². The van der Waals surface area contributed by atoms with E-state index in [1.54, 1.807) is 0 Å². The predicted molar refractivity (Wildman–Crippen MR) is 225 cm³/mol. The van der Waals surface area contributed by atoms with Gasteiger partial charge in [-0.25, -0.2) is 4.57 Å². The van der Waals surface area contributed by atoms with Gasteiger partial charge in [-0.2, -0.15) is 140 Å². The topological polar surface area (TPSA) is 3.88 Å². The zero-order chi connectivity index (χ0) is 58.8. The van der Waals surface area contributed by atoms with Crippen LogP contribution < -0.4 is 26.4 Å². The second kappa shape index (κ2) is 20.3. The zero-order valence-corrected chi connectivity index (χ0v) is 37.7. The number of benzene rings is 6. The van der Waals surface area contributed by atoms with Gasteiger partial charge in [-0.1, -0.05) is 78.9 Å². The van der Waals surface area contributed by atoms with E-state index in [4.69, 9.17) is 0 Å². The summed E-state index contributed by atoms with van der Waals surface area (Å²) in [6, 6.07) is 6.45. The Labute approximate surface area is 419 Å². The SMILES string of the molecule is FC(F)(F)c1cc([B-](c2cc(C(F)(F)F)cc(C(F)(F)F)c2)(c2cc(C(F)(F)F)cc(C(F)(F)F)c2)c2cc(C(F)(F)F)cc(C(F)(F)F)c2)cc(C(F)(F)F)c1.FC(F)(F)c1ccc(C[n+]2ccc3ccccc3c2)cc1. The largest absolute Gasteiger partial charge is 0.416 e. The van der Waals surface area contributed by atoms with Crippen LogP contribution in [0.15, 0.2) is 140 Å². The number of aromatic nitrogens is 1. The van der Waals surface area contributed by atoms with Crippen molar-refractivity contribution in [2.45, 2.75) is 62.1 Å². The highest BCUT2D eigenvalue weighted by atomic mass is 19.4. The standard InChI is InChI=1S/C32H12BF24.C17H13F3N/c34-25(35,36)13-1-14(26(37,38)39)6-21(5-13)33(22-7-15(27(40,41)42)2-16(8-22)28(43,44)45,23-9-17(29(46,47)48)3-18(10-23)30(49,50)51)24-11-19(31(52,53)54)4-20(12-24)32(55,56)57;18-17(19,20)16-7-5-13(6-8-16)11-21-10-9-14-3-1-2-4-15(14)12-21/h1-12H;1-10,12H,11H2/q-1;+1. The highest BCUT2D eigenvalue weighted by molar-refractivity contribution is 7.20. The molecular weight excluding hydrogens is 1130 g/mol. The minimum Gasteiger partial charge on any atom is -0.200 e. The molecule has 7 rings (SSSR count). The van der Waals surface area contributed by atoms with Crippen molar-refractivity contribution in [3.05, 3.63) is 195 Å². The van der Waals surface area contributed by atoms with Gasteiger partial charge in [0.05, 0.1) is 50.1 Å². The van der Waals surface area contributed by atoms with Crippen LogP contribution in [0.1, 0.15) is 55.6 Å². The fourth-order valence-corrected chi connectivity index (χ4v) is 8.36. The third-order valence-corrected chi connectivity index (χ3v) is 11.8. The number of hydrogen-bond acceptors (Lipinski definition) is 0. The van der Waals surface area contributed by atoms with Gasteiger partial charge < -0.3 is 0 Å². The summed E-state index contributed by atoms with van der Waals surface area (Å²) in [4.78, 5) is 0. The fourth-order valence-electron chi connectivity index (χ4n) is 8.36. The van der Waals surface area contributed by atoms with Crippen molar-refractivity contribution in [1.29, 1.82) is 0 Å². The minimum absolute atomic E-state index is 0.545. The Kier molecular flexibility index (Phi) is 15.6. The van der Waals surface area contributed by atoms with E-state index in [0.717, 1.165) is 28.5 Å². The van der Waals surface area contributed by atoms with Crippen molar-refractivity contribution in [1.82, 2.24) is 0 Å². The number of pyridine rings is 1. The number of halogens is 27. The van der Waals surface area contributed by atoms with Crippen molar-refractivity contribution in [2.24, 2.45) is 0 Å². The molecule has 0 fully saturated rings. The molecule has 0 unspecified atom stereocenters. The van der Waals surface area contributed by atoms with Gasteiger partial charge in [-0.3, -0.25) is 0 Å². The third-order valence-electron chi connectivity index (χ3n) is 11.8. The van der Waals surface area contributed by atoms with Gasteiger partial charge in [0.25, 0.3) is 0 Å². The maximum atomic E-state index is 14.2. The normalized spacial score (nSPS) is 13.6. The van der Waals surface area contributed by atoms with Crippen LogP contribution in [0.25, 0.3) is 10.8 Å². The summed E-state index contributed by atoms with van der Waals surface area (Å²) < 4.78 is 380. The Morgan fingerprint density at radius 2 is 0.513 bits per heavy atom. The zero-order valence-electron chi connectivity index (χ0n) is 37.7. The van der Waals surface area contributed by atoms with Crippen molar-refractivity contribution < 1.29 is 123 Å². The molecule has 0 aliphatic heterocycles. The minimum atomic E-state index is -6.13. The molecule has 7 aromatic rings. The van der Waals surface area contributed by atoms with Crippen LogP contribution in [0.2, 0.25) is 0 Å². The lowest BCUT2D eigenvalue weighted by molar-refractivity contribution is -0.687. The van der Waals surface area contributed by atoms with E-state index in [1.165, 1.54) is 12.1 Å². The third kappa shape index (κ3) is 13.6. The molecule has 0 spiro atoms. The van der Waals surface area contributed by atoms with E-state index < -0.39 is 206 Å². The second-order valence-electron chi connectivity index (χ2n) is 17.2. The lowest BCUT2D eigenvalue weighted by Crippen LogP contribution is -2.75. The molecule has 0 saturated heterocycles. The first-order valence-electron chi connectivity index (χ1n) is 21.2.